The number of amides is 11. The number of nitrogens with two attached hydrogens (primary N) is 1. The van der Waals surface area contributed by atoms with Crippen LogP contribution in [0.3, 0.4) is 0 Å². The van der Waals surface area contributed by atoms with E-state index in [-0.39, 0.29) is 110 Å². The van der Waals surface area contributed by atoms with Crippen LogP contribution >= 0.6 is 18.9 Å². The summed E-state index contributed by atoms with van der Waals surface area (Å²) < 4.78 is 41.3. The van der Waals surface area contributed by atoms with Crippen molar-refractivity contribution in [3.8, 4) is 11.8 Å². The number of benzene rings is 3. The monoisotopic (exact) mass is 1270 g/mol. The number of nitrogens with zero attached hydrogens (tertiary/aromatic N) is 4. The molecule has 5 aliphatic heterocycles. The topological polar surface area (TPSA) is 327 Å². The number of nitrogens with one attached hydrogen (secondary N) is 5. The molecular weight excluding hydrogens is 1190 g/mol. The van der Waals surface area contributed by atoms with Crippen LogP contribution in [0, 0.1) is 17.8 Å². The van der Waals surface area contributed by atoms with Crippen LogP contribution in [0.5, 0.6) is 0 Å². The van der Waals surface area contributed by atoms with E-state index >= 15 is 0 Å². The van der Waals surface area contributed by atoms with Crippen molar-refractivity contribution in [2.45, 2.75) is 152 Å². The van der Waals surface area contributed by atoms with Crippen molar-refractivity contribution in [1.29, 1.82) is 0 Å². The predicted octanol–water partition coefficient (Wildman–Crippen LogP) is 4.24. The van der Waals surface area contributed by atoms with Gasteiger partial charge in [0.05, 0.1) is 11.4 Å². The van der Waals surface area contributed by atoms with Crippen LogP contribution in [0.25, 0.3) is 10.1 Å². The summed E-state index contributed by atoms with van der Waals surface area (Å²) in [4.78, 5) is 161. The van der Waals surface area contributed by atoms with Crippen LogP contribution < -0.4 is 32.3 Å². The summed E-state index contributed by atoms with van der Waals surface area (Å²) in [7, 11) is -4.52. The normalized spacial score (nSPS) is 20.7. The summed E-state index contributed by atoms with van der Waals surface area (Å²) in [5, 5.41) is 13.2. The number of halogens is 2. The van der Waals surface area contributed by atoms with E-state index in [1.807, 2.05) is 30.3 Å². The molecule has 3 unspecified atom stereocenters. The molecule has 4 saturated heterocycles. The van der Waals surface area contributed by atoms with Gasteiger partial charge in [-0.2, -0.15) is 8.78 Å². The maximum atomic E-state index is 14.8. The molecule has 4 fully saturated rings. The number of alkyl halides is 2. The highest BCUT2D eigenvalue weighted by molar-refractivity contribution is 7.52. The molecule has 0 bridgehead atoms. The molecule has 89 heavy (non-hydrogen) atoms. The van der Waals surface area contributed by atoms with Crippen molar-refractivity contribution in [3.63, 3.8) is 0 Å². The average Bonchev–Trinajstić information content (AvgIpc) is 1.75. The average molecular weight is 1270 g/mol. The van der Waals surface area contributed by atoms with Crippen molar-refractivity contribution in [2.75, 3.05) is 33.2 Å². The largest absolute Gasteiger partial charge is 0.399 e. The van der Waals surface area contributed by atoms with Gasteiger partial charge < -0.3 is 56.4 Å². The summed E-state index contributed by atoms with van der Waals surface area (Å²) >= 11 is 0.855. The minimum Gasteiger partial charge on any atom is -0.370 e. The zero-order chi connectivity index (χ0) is 64.3. The summed E-state index contributed by atoms with van der Waals surface area (Å²) in [6, 6.07) is 9.93. The molecule has 6 atom stereocenters. The van der Waals surface area contributed by atoms with Gasteiger partial charge in [-0.25, -0.2) is 4.79 Å². The quantitative estimate of drug-likeness (QED) is 0.0417. The molecule has 4 aromatic rings. The smallest absolute Gasteiger partial charge is 0.370 e. The van der Waals surface area contributed by atoms with Gasteiger partial charge in [0.25, 0.3) is 11.8 Å². The van der Waals surface area contributed by atoms with E-state index in [2.05, 4.69) is 59.2 Å². The highest BCUT2D eigenvalue weighted by Gasteiger charge is 2.51. The fourth-order valence-electron chi connectivity index (χ4n) is 12.3. The Morgan fingerprint density at radius 1 is 0.865 bits per heavy atom. The Kier molecular flexibility index (Phi) is 19.8. The lowest BCUT2D eigenvalue weighted by molar-refractivity contribution is -0.144. The fourth-order valence-corrected chi connectivity index (χ4v) is 13.7. The van der Waals surface area contributed by atoms with Crippen LogP contribution in [0.4, 0.5) is 13.6 Å². The van der Waals surface area contributed by atoms with Gasteiger partial charge in [0.15, 0.2) is 0 Å². The van der Waals surface area contributed by atoms with Crippen LogP contribution in [0.1, 0.15) is 139 Å². The van der Waals surface area contributed by atoms with Gasteiger partial charge >= 0.3 is 19.3 Å². The van der Waals surface area contributed by atoms with Gasteiger partial charge in [0, 0.05) is 86.3 Å². The van der Waals surface area contributed by atoms with Crippen molar-refractivity contribution >= 4 is 88.2 Å². The van der Waals surface area contributed by atoms with Crippen molar-refractivity contribution in [2.24, 2.45) is 11.7 Å². The van der Waals surface area contributed by atoms with Gasteiger partial charge in [0.1, 0.15) is 30.2 Å². The Morgan fingerprint density at radius 2 is 1.57 bits per heavy atom. The first kappa shape index (κ1) is 65.3. The van der Waals surface area contributed by atoms with Crippen LogP contribution in [-0.2, 0) is 62.2 Å². The molecule has 6 heterocycles. The second kappa shape index (κ2) is 26.9. The van der Waals surface area contributed by atoms with Gasteiger partial charge in [-0.05, 0) is 115 Å². The third kappa shape index (κ3) is 14.8. The highest BCUT2D eigenvalue weighted by atomic mass is 32.1. The minimum absolute atomic E-state index is 0.0627. The van der Waals surface area contributed by atoms with Crippen LogP contribution in [0.15, 0.2) is 66.7 Å². The van der Waals surface area contributed by atoms with E-state index in [0.29, 0.717) is 48.2 Å². The Morgan fingerprint density at radius 3 is 2.25 bits per heavy atom. The molecule has 0 saturated carbocycles. The molecule has 11 amide bonds. The number of hydrogen-bond donors (Lipinski definition) is 8. The van der Waals surface area contributed by atoms with E-state index < -0.39 is 96.5 Å². The predicted molar refractivity (Wildman–Crippen MR) is 322 cm³/mol. The molecule has 0 radical (unpaired) electrons. The molecule has 474 valence electrons. The molecule has 5 aliphatic rings. The standard InChI is InChI=1S/C62H73F2N10O13PS/c1-61(2,3)39-14-12-36(13-15-39)30-45(58(82)71-27-24-35(25-28-71)8-5-6-9-37-10-7-11-42-43(37)33-73(57(42)81)47-20-23-52(76)70-54(47)78)68-53(77)44(18-22-51(65)75)67-55(79)48-19-17-41-26-29-72(60(84)66-4)34-46(59(83)74(41)48)69-56(80)50-32-38-31-40(16-21-49(38)89-50)62(63,64)88(85,86)87/h7,10-16,21,31-32,35,41,44-48H,5,8,17-20,22-30,33-34H2,1-4H3,(H2,65,75)(H,66,84)(H,67,79)(H,68,77)(H,69,80)(H,70,76,78)(H2,85,86,87)/t41-,44?,45?,46+,47?,48+/m1/s1. The molecule has 23 nitrogen and oxygen atoms in total. The second-order valence-electron chi connectivity index (χ2n) is 24.4. The van der Waals surface area contributed by atoms with Crippen LogP contribution in [0.2, 0.25) is 0 Å². The van der Waals surface area contributed by atoms with Gasteiger partial charge in [-0.1, -0.05) is 69.0 Å². The molecular formula is C62H73F2N10O13PS. The minimum atomic E-state index is -5.92. The SMILES string of the molecule is CNC(=O)N1CC[C@H]2CC[C@@H](C(=O)NC(CCC(N)=O)C(=O)NC(Cc3ccc(C(C)(C)C)cc3)C(=O)N3CCC(CCC#Cc4cccc5c4CN(C4CCC(=O)NC4=O)C5=O)CC3)N2C(=O)[C@@H](NC(=O)c2cc3cc(C(F)(F)P(=O)(O)O)ccc3s2)C1. The highest BCUT2D eigenvalue weighted by Crippen LogP contribution is 2.59. The number of rotatable bonds is 17. The molecule has 27 heteroatoms. The number of imide groups is 1. The first-order valence-electron chi connectivity index (χ1n) is 29.7. The van der Waals surface area contributed by atoms with Crippen molar-refractivity contribution in [1.82, 2.24) is 46.2 Å². The number of urea groups is 1. The van der Waals surface area contributed by atoms with Crippen molar-refractivity contribution in [3.05, 3.63) is 105 Å². The number of primary amides is 1. The summed E-state index contributed by atoms with van der Waals surface area (Å²) in [6.45, 7) is 6.91. The molecule has 1 aromatic heterocycles. The molecule has 9 rings (SSSR count). The molecule has 9 N–H and O–H groups in total. The fraction of sp³-hybridized carbons (Fsp3) is 0.484. The zero-order valence-corrected chi connectivity index (χ0v) is 51.5. The lowest BCUT2D eigenvalue weighted by Crippen LogP contribution is -2.62. The molecule has 3 aromatic carbocycles. The lowest BCUT2D eigenvalue weighted by atomic mass is 9.86. The number of hydrogen-bond acceptors (Lipinski definition) is 12. The third-order valence-corrected chi connectivity index (χ3v) is 19.5. The number of thiophene rings is 1. The maximum Gasteiger partial charge on any atom is 0.399 e. The third-order valence-electron chi connectivity index (χ3n) is 17.3. The van der Waals surface area contributed by atoms with Gasteiger partial charge in [-0.3, -0.25) is 53.0 Å². The Hall–Kier alpha value is -8.11. The summed E-state index contributed by atoms with van der Waals surface area (Å²) in [5.41, 5.74) is 3.61. The van der Waals surface area contributed by atoms with E-state index in [1.54, 1.807) is 17.0 Å². The lowest BCUT2D eigenvalue weighted by Gasteiger charge is -2.38. The van der Waals surface area contributed by atoms with E-state index in [1.165, 1.54) is 33.9 Å². The number of carbonyl (C=O) groups is 10. The Bertz CT molecular complexity index is 3590. The summed E-state index contributed by atoms with van der Waals surface area (Å²) in [5.74, 6) is 1.29. The number of carbonyl (C=O) groups excluding carboxylic acids is 10. The first-order valence-corrected chi connectivity index (χ1v) is 32.1. The van der Waals surface area contributed by atoms with Gasteiger partial charge in [0.2, 0.25) is 41.4 Å². The number of likely N-dealkylation sites (tertiary alicyclic amines) is 1. The number of piperidine rings is 2. The van der Waals surface area contributed by atoms with E-state index in [0.717, 1.165) is 46.6 Å². The van der Waals surface area contributed by atoms with E-state index in [9.17, 15) is 71.1 Å². The Balaban J connectivity index is 0.877. The van der Waals surface area contributed by atoms with Gasteiger partial charge in [-0.15, -0.1) is 11.3 Å². The summed E-state index contributed by atoms with van der Waals surface area (Å²) in [6.07, 6.45) is 3.02. The first-order chi connectivity index (χ1) is 42.1. The zero-order valence-electron chi connectivity index (χ0n) is 49.8. The van der Waals surface area contributed by atoms with Crippen LogP contribution in [-0.4, -0.2) is 158 Å². The maximum absolute atomic E-state index is 14.8. The second-order valence-corrected chi connectivity index (χ2v) is 27.1. The van der Waals surface area contributed by atoms with Crippen molar-refractivity contribution < 1.29 is 71.1 Å². The Labute approximate surface area is 516 Å². The molecule has 0 spiro atoms. The molecule has 0 aliphatic carbocycles. The van der Waals surface area contributed by atoms with E-state index in [4.69, 9.17) is 5.73 Å². The number of fused-ring (bicyclic) bond motifs is 3.